The molecule has 3 aromatic carbocycles. The summed E-state index contributed by atoms with van der Waals surface area (Å²) >= 11 is 31.6. The summed E-state index contributed by atoms with van der Waals surface area (Å²) in [6, 6.07) is 15.4. The van der Waals surface area contributed by atoms with Crippen molar-refractivity contribution in [1.29, 1.82) is 0 Å². The van der Waals surface area contributed by atoms with Gasteiger partial charge in [0.1, 0.15) is 12.6 Å². The summed E-state index contributed by atoms with van der Waals surface area (Å²) in [6.45, 7) is 2.91. The molecule has 0 fully saturated rings. The van der Waals surface area contributed by atoms with E-state index in [2.05, 4.69) is 5.32 Å². The summed E-state index contributed by atoms with van der Waals surface area (Å²) in [5.41, 5.74) is 1.15. The van der Waals surface area contributed by atoms with Crippen molar-refractivity contribution in [2.24, 2.45) is 0 Å². The zero-order valence-corrected chi connectivity index (χ0v) is 27.7. The van der Waals surface area contributed by atoms with Gasteiger partial charge in [-0.15, -0.1) is 0 Å². The molecule has 0 saturated carbocycles. The van der Waals surface area contributed by atoms with Crippen molar-refractivity contribution in [2.45, 2.75) is 45.3 Å². The number of nitrogens with one attached hydrogen (secondary N) is 1. The second-order valence-electron chi connectivity index (χ2n) is 9.73. The smallest absolute Gasteiger partial charge is 0.244 e. The Balaban J connectivity index is 2.15. The predicted octanol–water partition coefficient (Wildman–Crippen LogP) is 7.27. The Kier molecular flexibility index (Phi) is 12.2. The van der Waals surface area contributed by atoms with Gasteiger partial charge in [-0.05, 0) is 43.2 Å². The number of halogens is 5. The first kappa shape index (κ1) is 34.3. The maximum atomic E-state index is 14.2. The first-order valence-electron chi connectivity index (χ1n) is 12.9. The Labute approximate surface area is 271 Å². The van der Waals surface area contributed by atoms with Crippen LogP contribution in [0.3, 0.4) is 0 Å². The highest BCUT2D eigenvalue weighted by molar-refractivity contribution is 7.92. The Morgan fingerprint density at radius 2 is 1.45 bits per heavy atom. The number of benzene rings is 3. The van der Waals surface area contributed by atoms with E-state index in [-0.39, 0.29) is 49.8 Å². The Morgan fingerprint density at radius 1 is 0.857 bits per heavy atom. The Hall–Kier alpha value is -2.20. The van der Waals surface area contributed by atoms with Gasteiger partial charge in [0.05, 0.1) is 27.0 Å². The first-order chi connectivity index (χ1) is 19.7. The van der Waals surface area contributed by atoms with E-state index < -0.39 is 34.4 Å². The maximum absolute atomic E-state index is 14.2. The summed E-state index contributed by atoms with van der Waals surface area (Å²) in [4.78, 5) is 29.3. The predicted molar refractivity (Wildman–Crippen MR) is 173 cm³/mol. The standard InChI is InChI=1S/C29H30Cl5N3O4S/c1-4-18(2)35-29(39)27(13-19-9-6-5-7-10-19)36(16-20-21(30)11-8-12-22(20)31)28(38)17-37(42(3,40)41)26-15-24(33)23(32)14-25(26)34/h5-12,14-15,18,27H,4,13,16-17H2,1-3H3,(H,35,39)/t18-,27-/m0/s1. The fraction of sp³-hybridized carbons (Fsp3) is 0.310. The van der Waals surface area contributed by atoms with E-state index in [0.717, 1.165) is 16.1 Å². The Bertz CT molecular complexity index is 1520. The average molecular weight is 694 g/mol. The van der Waals surface area contributed by atoms with E-state index in [1.165, 1.54) is 17.0 Å². The highest BCUT2D eigenvalue weighted by Crippen LogP contribution is 2.36. The molecule has 3 aromatic rings. The van der Waals surface area contributed by atoms with Crippen LogP contribution in [-0.4, -0.2) is 50.0 Å². The van der Waals surface area contributed by atoms with Crippen LogP contribution in [-0.2, 0) is 32.6 Å². The van der Waals surface area contributed by atoms with Crippen LogP contribution in [0.2, 0.25) is 25.1 Å². The molecule has 0 unspecified atom stereocenters. The molecular weight excluding hydrogens is 664 g/mol. The molecule has 2 atom stereocenters. The number of carbonyl (C=O) groups excluding carboxylic acids is 2. The lowest BCUT2D eigenvalue weighted by Crippen LogP contribution is -2.54. The molecule has 13 heteroatoms. The van der Waals surface area contributed by atoms with Crippen molar-refractivity contribution in [1.82, 2.24) is 10.2 Å². The third-order valence-corrected chi connectivity index (χ3v) is 9.46. The van der Waals surface area contributed by atoms with E-state index in [1.807, 2.05) is 44.2 Å². The number of hydrogen-bond donors (Lipinski definition) is 1. The summed E-state index contributed by atoms with van der Waals surface area (Å²) in [5, 5.41) is 3.66. The van der Waals surface area contributed by atoms with Crippen LogP contribution in [0.4, 0.5) is 5.69 Å². The molecule has 0 aromatic heterocycles. The van der Waals surface area contributed by atoms with E-state index in [9.17, 15) is 18.0 Å². The van der Waals surface area contributed by atoms with Crippen molar-refractivity contribution < 1.29 is 18.0 Å². The van der Waals surface area contributed by atoms with Crippen molar-refractivity contribution in [2.75, 3.05) is 17.1 Å². The minimum absolute atomic E-state index is 0.0290. The number of carbonyl (C=O) groups is 2. The average Bonchev–Trinajstić information content (AvgIpc) is 2.92. The number of hydrogen-bond acceptors (Lipinski definition) is 4. The van der Waals surface area contributed by atoms with E-state index in [4.69, 9.17) is 58.0 Å². The molecule has 1 N–H and O–H groups in total. The molecule has 0 spiro atoms. The molecule has 0 aliphatic rings. The molecule has 2 amide bonds. The zero-order valence-electron chi connectivity index (χ0n) is 23.1. The molecular formula is C29H30Cl5N3O4S. The van der Waals surface area contributed by atoms with Crippen LogP contribution < -0.4 is 9.62 Å². The minimum Gasteiger partial charge on any atom is -0.352 e. The lowest BCUT2D eigenvalue weighted by atomic mass is 10.0. The molecule has 42 heavy (non-hydrogen) atoms. The fourth-order valence-corrected chi connectivity index (χ4v) is 6.21. The second kappa shape index (κ2) is 15.0. The van der Waals surface area contributed by atoms with E-state index >= 15 is 0 Å². The molecule has 0 heterocycles. The van der Waals surface area contributed by atoms with Crippen LogP contribution in [0, 0.1) is 0 Å². The number of rotatable bonds is 12. The number of anilines is 1. The van der Waals surface area contributed by atoms with Gasteiger partial charge in [0.2, 0.25) is 21.8 Å². The van der Waals surface area contributed by atoms with Crippen molar-refractivity contribution in [3.8, 4) is 0 Å². The van der Waals surface area contributed by atoms with Gasteiger partial charge in [0.25, 0.3) is 0 Å². The van der Waals surface area contributed by atoms with Gasteiger partial charge in [-0.25, -0.2) is 8.42 Å². The van der Waals surface area contributed by atoms with Gasteiger partial charge in [-0.1, -0.05) is 101 Å². The van der Waals surface area contributed by atoms with Crippen molar-refractivity contribution >= 4 is 85.5 Å². The summed E-state index contributed by atoms with van der Waals surface area (Å²) < 4.78 is 26.8. The topological polar surface area (TPSA) is 86.8 Å². The molecule has 0 saturated heterocycles. The van der Waals surface area contributed by atoms with Crippen LogP contribution >= 0.6 is 58.0 Å². The van der Waals surface area contributed by atoms with Gasteiger partial charge < -0.3 is 10.2 Å². The van der Waals surface area contributed by atoms with Crippen LogP contribution in [0.25, 0.3) is 0 Å². The summed E-state index contributed by atoms with van der Waals surface area (Å²) in [6.07, 6.45) is 1.74. The third kappa shape index (κ3) is 8.91. The van der Waals surface area contributed by atoms with E-state index in [0.29, 0.717) is 12.0 Å². The van der Waals surface area contributed by atoms with Crippen molar-refractivity contribution in [3.05, 3.63) is 96.9 Å². The highest BCUT2D eigenvalue weighted by atomic mass is 35.5. The lowest BCUT2D eigenvalue weighted by Gasteiger charge is -2.34. The van der Waals surface area contributed by atoms with Gasteiger partial charge >= 0.3 is 0 Å². The Morgan fingerprint density at radius 3 is 2.02 bits per heavy atom. The van der Waals surface area contributed by atoms with Gasteiger partial charge in [-0.3, -0.25) is 13.9 Å². The molecule has 3 rings (SSSR count). The first-order valence-corrected chi connectivity index (χ1v) is 16.7. The van der Waals surface area contributed by atoms with E-state index in [1.54, 1.807) is 18.2 Å². The molecule has 0 aliphatic heterocycles. The SMILES string of the molecule is CC[C@H](C)NC(=O)[C@H](Cc1ccccc1)N(Cc1c(Cl)cccc1Cl)C(=O)CN(c1cc(Cl)c(Cl)cc1Cl)S(C)(=O)=O. The monoisotopic (exact) mass is 691 g/mol. The molecule has 0 aliphatic carbocycles. The number of amides is 2. The molecule has 0 radical (unpaired) electrons. The minimum atomic E-state index is -4.07. The van der Waals surface area contributed by atoms with Gasteiger partial charge in [0.15, 0.2) is 0 Å². The largest absolute Gasteiger partial charge is 0.352 e. The molecule has 0 bridgehead atoms. The second-order valence-corrected chi connectivity index (χ2v) is 13.7. The third-order valence-electron chi connectivity index (χ3n) is 6.60. The molecule has 226 valence electrons. The van der Waals surface area contributed by atoms with Crippen LogP contribution in [0.1, 0.15) is 31.4 Å². The number of sulfonamides is 1. The summed E-state index contributed by atoms with van der Waals surface area (Å²) in [7, 11) is -4.07. The quantitative estimate of drug-likeness (QED) is 0.202. The zero-order chi connectivity index (χ0) is 31.2. The summed E-state index contributed by atoms with van der Waals surface area (Å²) in [5.74, 6) is -1.11. The highest BCUT2D eigenvalue weighted by Gasteiger charge is 2.34. The molecule has 7 nitrogen and oxygen atoms in total. The van der Waals surface area contributed by atoms with Crippen molar-refractivity contribution in [3.63, 3.8) is 0 Å². The van der Waals surface area contributed by atoms with Gasteiger partial charge in [-0.2, -0.15) is 0 Å². The maximum Gasteiger partial charge on any atom is 0.244 e. The van der Waals surface area contributed by atoms with Crippen LogP contribution in [0.15, 0.2) is 60.7 Å². The normalized spacial score (nSPS) is 12.9. The van der Waals surface area contributed by atoms with Crippen LogP contribution in [0.5, 0.6) is 0 Å². The fourth-order valence-electron chi connectivity index (χ4n) is 4.15. The number of nitrogens with zero attached hydrogens (tertiary/aromatic N) is 2. The van der Waals surface area contributed by atoms with Gasteiger partial charge in [0, 0.05) is 34.6 Å². The lowest BCUT2D eigenvalue weighted by molar-refractivity contribution is -0.140.